The molecule has 10 heteroatoms. The van der Waals surface area contributed by atoms with Crippen LogP contribution in [0, 0.1) is 5.41 Å². The molecule has 0 fully saturated rings. The van der Waals surface area contributed by atoms with Gasteiger partial charge in [-0.25, -0.2) is 9.59 Å². The number of phenolic OH excluding ortho intramolecular Hbond substituents is 1. The van der Waals surface area contributed by atoms with Crippen LogP contribution < -0.4 is 4.74 Å². The van der Waals surface area contributed by atoms with Gasteiger partial charge in [0.1, 0.15) is 11.5 Å². The molecule has 0 bridgehead atoms. The van der Waals surface area contributed by atoms with Crippen LogP contribution >= 0.6 is 0 Å². The first kappa shape index (κ1) is 38.5. The molecule has 0 heterocycles. The van der Waals surface area contributed by atoms with Gasteiger partial charge in [-0.1, -0.05) is 24.3 Å². The van der Waals surface area contributed by atoms with E-state index < -0.39 is 29.6 Å². The Bertz CT molecular complexity index is 1090. The molecule has 2 N–H and O–H groups in total. The van der Waals surface area contributed by atoms with Crippen molar-refractivity contribution in [3.63, 3.8) is 0 Å². The molecule has 0 aliphatic rings. The van der Waals surface area contributed by atoms with Gasteiger partial charge in [-0.2, -0.15) is 0 Å². The number of benzene rings is 2. The minimum absolute atomic E-state index is 0.0589. The van der Waals surface area contributed by atoms with Gasteiger partial charge in [0.05, 0.1) is 31.8 Å². The van der Waals surface area contributed by atoms with Crippen molar-refractivity contribution in [2.45, 2.75) is 85.7 Å². The smallest absolute Gasteiger partial charge is 0.335 e. The average molecular weight is 593 g/mol. The molecule has 236 valence electrons. The topological polar surface area (TPSA) is 138 Å². The number of aliphatic hydroxyl groups excluding tert-OH is 1. The van der Waals surface area contributed by atoms with E-state index in [1.54, 1.807) is 57.2 Å². The number of phenols is 1. The van der Waals surface area contributed by atoms with Crippen molar-refractivity contribution in [2.75, 3.05) is 21.3 Å². The summed E-state index contributed by atoms with van der Waals surface area (Å²) in [6, 6.07) is 13.8. The van der Waals surface area contributed by atoms with Gasteiger partial charge in [-0.05, 0) is 83.9 Å². The molecule has 0 aromatic heterocycles. The molecule has 0 spiro atoms. The van der Waals surface area contributed by atoms with E-state index in [1.807, 2.05) is 39.8 Å². The summed E-state index contributed by atoms with van der Waals surface area (Å²) in [5.41, 5.74) is 1.09. The second-order valence-corrected chi connectivity index (χ2v) is 10.8. The summed E-state index contributed by atoms with van der Waals surface area (Å²) in [5.74, 6) is -0.498. The average Bonchev–Trinajstić information content (AvgIpc) is 2.92. The second kappa shape index (κ2) is 19.6. The van der Waals surface area contributed by atoms with Crippen molar-refractivity contribution < 1.29 is 48.3 Å². The lowest BCUT2D eigenvalue weighted by Gasteiger charge is -2.19. The third-order valence-corrected chi connectivity index (χ3v) is 5.28. The number of aromatic hydroxyl groups is 1. The number of carbonyl (C=O) groups is 3. The van der Waals surface area contributed by atoms with Crippen molar-refractivity contribution >= 4 is 17.9 Å². The Hall–Kier alpha value is -3.47. The fourth-order valence-corrected chi connectivity index (χ4v) is 3.40. The van der Waals surface area contributed by atoms with Gasteiger partial charge in [-0.3, -0.25) is 4.79 Å². The number of esters is 3. The third-order valence-electron chi connectivity index (χ3n) is 5.28. The van der Waals surface area contributed by atoms with Crippen molar-refractivity contribution in [1.29, 1.82) is 0 Å². The first-order valence-corrected chi connectivity index (χ1v) is 13.7. The lowest BCUT2D eigenvalue weighted by atomic mass is 9.97. The zero-order valence-corrected chi connectivity index (χ0v) is 26.5. The largest absolute Gasteiger partial charge is 0.508 e. The molecule has 0 aliphatic heterocycles. The van der Waals surface area contributed by atoms with E-state index in [0.29, 0.717) is 18.6 Å². The van der Waals surface area contributed by atoms with Crippen molar-refractivity contribution in [2.24, 2.45) is 5.41 Å². The Morgan fingerprint density at radius 2 is 1.17 bits per heavy atom. The van der Waals surface area contributed by atoms with Crippen LogP contribution in [0.25, 0.3) is 0 Å². The van der Waals surface area contributed by atoms with Gasteiger partial charge in [0.2, 0.25) is 0 Å². The predicted octanol–water partition coefficient (Wildman–Crippen LogP) is 4.66. The number of methoxy groups -OCH3 is 2. The van der Waals surface area contributed by atoms with Gasteiger partial charge in [0, 0.05) is 20.0 Å². The molecule has 2 aromatic carbocycles. The third kappa shape index (κ3) is 15.5. The maximum absolute atomic E-state index is 11.9. The molecule has 2 rings (SSSR count). The number of ether oxygens (including phenoxy) is 5. The number of aliphatic hydroxyl groups is 1. The standard InChI is InChI=1S/C18H26O5.C13H18O4.CH4O/c1-12(2)22-15(16(19)21-6)11-13-8-7-9-14(10-13)23-17(20)18(3,4)5;1-9(2)17-12(13(15)16-3)8-10-5-4-6-11(14)7-10;1-2/h7-10,12,15H,11H2,1-6H3;4-7,9,12,14H,8H2,1-3H3;2H,1H3/t15-;12-;/m00./s1. The molecule has 0 radical (unpaired) electrons. The molecule has 10 nitrogen and oxygen atoms in total. The molecule has 0 unspecified atom stereocenters. The van der Waals surface area contributed by atoms with E-state index in [2.05, 4.69) is 4.74 Å². The molecule has 2 aromatic rings. The molecular weight excluding hydrogens is 544 g/mol. The first-order chi connectivity index (χ1) is 19.7. The number of hydrogen-bond acceptors (Lipinski definition) is 10. The van der Waals surface area contributed by atoms with E-state index in [1.165, 1.54) is 14.2 Å². The summed E-state index contributed by atoms with van der Waals surface area (Å²) in [7, 11) is 3.67. The predicted molar refractivity (Wildman–Crippen MR) is 159 cm³/mol. The molecule has 0 aliphatic carbocycles. The SMILES string of the molecule is CO.COC(=O)[C@H](Cc1cccc(O)c1)OC(C)C.COC(=O)[C@H](Cc1cccc(OC(=O)C(C)(C)C)c1)OC(C)C. The molecule has 0 saturated heterocycles. The lowest BCUT2D eigenvalue weighted by molar-refractivity contribution is -0.157. The maximum atomic E-state index is 11.9. The highest BCUT2D eigenvalue weighted by Gasteiger charge is 2.25. The first-order valence-electron chi connectivity index (χ1n) is 13.7. The van der Waals surface area contributed by atoms with Crippen LogP contribution in [0.15, 0.2) is 48.5 Å². The Morgan fingerprint density at radius 1 is 0.738 bits per heavy atom. The van der Waals surface area contributed by atoms with Gasteiger partial charge < -0.3 is 33.9 Å². The quantitative estimate of drug-likeness (QED) is 0.280. The van der Waals surface area contributed by atoms with Crippen LogP contribution in [-0.2, 0) is 46.2 Å². The van der Waals surface area contributed by atoms with Crippen LogP contribution in [-0.4, -0.2) is 73.9 Å². The zero-order valence-electron chi connectivity index (χ0n) is 26.5. The minimum atomic E-state index is -0.687. The van der Waals surface area contributed by atoms with Crippen molar-refractivity contribution in [3.8, 4) is 11.5 Å². The summed E-state index contributed by atoms with van der Waals surface area (Å²) in [5, 5.41) is 16.3. The molecule has 2 atom stereocenters. The van der Waals surface area contributed by atoms with Crippen LogP contribution in [0.1, 0.15) is 59.6 Å². The van der Waals surface area contributed by atoms with E-state index in [9.17, 15) is 19.5 Å². The van der Waals surface area contributed by atoms with Gasteiger partial charge in [0.25, 0.3) is 0 Å². The monoisotopic (exact) mass is 592 g/mol. The van der Waals surface area contributed by atoms with Crippen molar-refractivity contribution in [1.82, 2.24) is 0 Å². The Kier molecular flexibility index (Phi) is 18.0. The van der Waals surface area contributed by atoms with Gasteiger partial charge >= 0.3 is 17.9 Å². The summed E-state index contributed by atoms with van der Waals surface area (Å²) < 4.78 is 25.9. The van der Waals surface area contributed by atoms with E-state index in [-0.39, 0.29) is 23.9 Å². The van der Waals surface area contributed by atoms with Gasteiger partial charge in [-0.15, -0.1) is 0 Å². The second-order valence-electron chi connectivity index (χ2n) is 10.8. The Balaban J connectivity index is 0.000000785. The van der Waals surface area contributed by atoms with Gasteiger partial charge in [0.15, 0.2) is 12.2 Å². The minimum Gasteiger partial charge on any atom is -0.508 e. The summed E-state index contributed by atoms with van der Waals surface area (Å²) in [4.78, 5) is 35.3. The molecule has 0 amide bonds. The highest BCUT2D eigenvalue weighted by molar-refractivity contribution is 5.78. The summed E-state index contributed by atoms with van der Waals surface area (Å²) in [6.07, 6.45) is -0.738. The van der Waals surface area contributed by atoms with E-state index in [0.717, 1.165) is 18.2 Å². The Morgan fingerprint density at radius 3 is 1.55 bits per heavy atom. The maximum Gasteiger partial charge on any atom is 0.335 e. The van der Waals surface area contributed by atoms with Crippen LogP contribution in [0.4, 0.5) is 0 Å². The Labute approximate surface area is 249 Å². The van der Waals surface area contributed by atoms with Crippen LogP contribution in [0.2, 0.25) is 0 Å². The summed E-state index contributed by atoms with van der Waals surface area (Å²) >= 11 is 0. The zero-order chi connectivity index (χ0) is 32.5. The normalized spacial score (nSPS) is 12.2. The molecule has 42 heavy (non-hydrogen) atoms. The van der Waals surface area contributed by atoms with Crippen LogP contribution in [0.3, 0.4) is 0 Å². The fourth-order valence-electron chi connectivity index (χ4n) is 3.40. The van der Waals surface area contributed by atoms with E-state index >= 15 is 0 Å². The number of carbonyl (C=O) groups excluding carboxylic acids is 3. The highest BCUT2D eigenvalue weighted by Crippen LogP contribution is 2.21. The van der Waals surface area contributed by atoms with E-state index in [4.69, 9.17) is 24.1 Å². The number of hydrogen-bond donors (Lipinski definition) is 2. The summed E-state index contributed by atoms with van der Waals surface area (Å²) in [6.45, 7) is 12.8. The fraction of sp³-hybridized carbons (Fsp3) is 0.531. The lowest BCUT2D eigenvalue weighted by Crippen LogP contribution is -2.30. The molecule has 0 saturated carbocycles. The van der Waals surface area contributed by atoms with Crippen molar-refractivity contribution in [3.05, 3.63) is 59.7 Å². The number of rotatable bonds is 11. The van der Waals surface area contributed by atoms with Crippen LogP contribution in [0.5, 0.6) is 11.5 Å². The highest BCUT2D eigenvalue weighted by atomic mass is 16.6. The molecular formula is C32H48O10.